The van der Waals surface area contributed by atoms with Gasteiger partial charge in [-0.15, -0.1) is 0 Å². The van der Waals surface area contributed by atoms with Crippen LogP contribution in [-0.2, 0) is 9.53 Å². The highest BCUT2D eigenvalue weighted by Crippen LogP contribution is 2.29. The molecule has 0 spiro atoms. The molecule has 7 nitrogen and oxygen atoms in total. The summed E-state index contributed by atoms with van der Waals surface area (Å²) < 4.78 is 10.3. The Bertz CT molecular complexity index is 1120. The van der Waals surface area contributed by atoms with Crippen molar-refractivity contribution in [2.75, 3.05) is 18.5 Å². The van der Waals surface area contributed by atoms with E-state index in [0.29, 0.717) is 11.4 Å². The second-order valence-corrected chi connectivity index (χ2v) is 6.26. The Hall–Kier alpha value is -3.87. The third-order valence-electron chi connectivity index (χ3n) is 4.35. The SMILES string of the molecule is O=C1COc2ccc(C(=O)COC(=O)c3cc4ccccc4cc3O)cc2N1. The van der Waals surface area contributed by atoms with Crippen LogP contribution in [0.15, 0.2) is 54.6 Å². The molecule has 0 saturated heterocycles. The molecule has 28 heavy (non-hydrogen) atoms. The molecule has 0 aliphatic carbocycles. The van der Waals surface area contributed by atoms with Crippen molar-refractivity contribution in [1.82, 2.24) is 0 Å². The summed E-state index contributed by atoms with van der Waals surface area (Å²) in [5.41, 5.74) is 0.637. The lowest BCUT2D eigenvalue weighted by Gasteiger charge is -2.18. The van der Waals surface area contributed by atoms with E-state index < -0.39 is 18.4 Å². The number of rotatable bonds is 4. The van der Waals surface area contributed by atoms with Crippen LogP contribution >= 0.6 is 0 Å². The topological polar surface area (TPSA) is 102 Å². The van der Waals surface area contributed by atoms with Crippen molar-refractivity contribution in [3.05, 3.63) is 65.7 Å². The largest absolute Gasteiger partial charge is 0.507 e. The summed E-state index contributed by atoms with van der Waals surface area (Å²) in [6, 6.07) is 14.8. The maximum atomic E-state index is 12.4. The van der Waals surface area contributed by atoms with Crippen LogP contribution in [0.4, 0.5) is 5.69 Å². The van der Waals surface area contributed by atoms with Crippen molar-refractivity contribution in [2.24, 2.45) is 0 Å². The molecule has 0 atom stereocenters. The Morgan fingerprint density at radius 1 is 1.07 bits per heavy atom. The summed E-state index contributed by atoms with van der Waals surface area (Å²) in [6.45, 7) is -0.578. The summed E-state index contributed by atoms with van der Waals surface area (Å²) in [5, 5.41) is 14.2. The molecule has 1 aliphatic rings. The van der Waals surface area contributed by atoms with E-state index in [2.05, 4.69) is 5.32 Å². The zero-order chi connectivity index (χ0) is 19.7. The molecule has 1 amide bonds. The van der Waals surface area contributed by atoms with Gasteiger partial charge in [0.25, 0.3) is 5.91 Å². The summed E-state index contributed by atoms with van der Waals surface area (Å²) in [4.78, 5) is 36.1. The van der Waals surface area contributed by atoms with Crippen LogP contribution in [0.1, 0.15) is 20.7 Å². The minimum Gasteiger partial charge on any atom is -0.507 e. The van der Waals surface area contributed by atoms with E-state index in [9.17, 15) is 19.5 Å². The van der Waals surface area contributed by atoms with Gasteiger partial charge in [-0.25, -0.2) is 4.79 Å². The number of Topliss-reactive ketones (excluding diaryl/α,β-unsaturated/α-hetero) is 1. The molecular formula is C21H15NO6. The number of ketones is 1. The highest BCUT2D eigenvalue weighted by atomic mass is 16.5. The number of fused-ring (bicyclic) bond motifs is 2. The Labute approximate surface area is 159 Å². The van der Waals surface area contributed by atoms with Gasteiger partial charge < -0.3 is 19.9 Å². The first-order valence-corrected chi connectivity index (χ1v) is 8.50. The van der Waals surface area contributed by atoms with Gasteiger partial charge in [0, 0.05) is 5.56 Å². The average molecular weight is 377 g/mol. The third kappa shape index (κ3) is 3.37. The Morgan fingerprint density at radius 3 is 2.61 bits per heavy atom. The van der Waals surface area contributed by atoms with Crippen LogP contribution in [0.2, 0.25) is 0 Å². The summed E-state index contributed by atoms with van der Waals surface area (Å²) in [5.74, 6) is -1.31. The number of phenols is 1. The Balaban J connectivity index is 1.48. The first-order valence-electron chi connectivity index (χ1n) is 8.50. The van der Waals surface area contributed by atoms with E-state index >= 15 is 0 Å². The van der Waals surface area contributed by atoms with Crippen molar-refractivity contribution in [3.63, 3.8) is 0 Å². The van der Waals surface area contributed by atoms with Crippen molar-refractivity contribution >= 4 is 34.1 Å². The molecule has 1 aliphatic heterocycles. The lowest BCUT2D eigenvalue weighted by Crippen LogP contribution is -2.25. The molecule has 3 aromatic carbocycles. The number of carbonyl (C=O) groups excluding carboxylic acids is 3. The smallest absolute Gasteiger partial charge is 0.342 e. The molecule has 7 heteroatoms. The first kappa shape index (κ1) is 17.5. The van der Waals surface area contributed by atoms with E-state index in [1.165, 1.54) is 24.3 Å². The molecular weight excluding hydrogens is 362 g/mol. The Kier molecular flexibility index (Phi) is 4.41. The number of anilines is 1. The van der Waals surface area contributed by atoms with E-state index in [4.69, 9.17) is 9.47 Å². The number of phenolic OH excluding ortho intramolecular Hbond substituents is 1. The minimum atomic E-state index is -0.800. The molecule has 0 unspecified atom stereocenters. The molecule has 0 fully saturated rings. The average Bonchev–Trinajstić information content (AvgIpc) is 2.70. The quantitative estimate of drug-likeness (QED) is 0.535. The fourth-order valence-corrected chi connectivity index (χ4v) is 2.94. The van der Waals surface area contributed by atoms with Gasteiger partial charge in [0.15, 0.2) is 19.0 Å². The van der Waals surface area contributed by atoms with Gasteiger partial charge in [-0.05, 0) is 41.1 Å². The van der Waals surface area contributed by atoms with Crippen molar-refractivity contribution in [1.29, 1.82) is 0 Å². The number of carbonyl (C=O) groups is 3. The maximum absolute atomic E-state index is 12.4. The van der Waals surface area contributed by atoms with Gasteiger partial charge >= 0.3 is 5.97 Å². The fourth-order valence-electron chi connectivity index (χ4n) is 2.94. The molecule has 4 rings (SSSR count). The molecule has 2 N–H and O–H groups in total. The monoisotopic (exact) mass is 377 g/mol. The minimum absolute atomic E-state index is 0.0161. The molecule has 0 saturated carbocycles. The van der Waals surface area contributed by atoms with E-state index in [1.807, 2.05) is 18.2 Å². The molecule has 140 valence electrons. The summed E-state index contributed by atoms with van der Waals surface area (Å²) >= 11 is 0. The van der Waals surface area contributed by atoms with Crippen LogP contribution in [-0.4, -0.2) is 36.0 Å². The molecule has 0 radical (unpaired) electrons. The van der Waals surface area contributed by atoms with Crippen LogP contribution in [0.3, 0.4) is 0 Å². The number of esters is 1. The lowest BCUT2D eigenvalue weighted by molar-refractivity contribution is -0.118. The van der Waals surface area contributed by atoms with E-state index in [0.717, 1.165) is 10.8 Å². The predicted octanol–water partition coefficient (Wildman–Crippen LogP) is 2.92. The highest BCUT2D eigenvalue weighted by molar-refractivity contribution is 6.03. The molecule has 0 aromatic heterocycles. The van der Waals surface area contributed by atoms with E-state index in [-0.39, 0.29) is 29.4 Å². The standard InChI is InChI=1S/C21H15NO6/c23-17-9-13-4-2-1-3-12(13)7-15(17)21(26)28-10-18(24)14-5-6-19-16(8-14)22-20(25)11-27-19/h1-9,23H,10-11H2,(H,22,25). The van der Waals surface area contributed by atoms with Gasteiger partial charge in [0.2, 0.25) is 0 Å². The van der Waals surface area contributed by atoms with Gasteiger partial charge in [0.05, 0.1) is 5.69 Å². The van der Waals surface area contributed by atoms with Gasteiger partial charge in [-0.2, -0.15) is 0 Å². The zero-order valence-corrected chi connectivity index (χ0v) is 14.6. The van der Waals surface area contributed by atoms with Crippen molar-refractivity contribution < 1.29 is 29.0 Å². The van der Waals surface area contributed by atoms with Crippen LogP contribution in [0, 0.1) is 0 Å². The number of hydrogen-bond donors (Lipinski definition) is 2. The number of hydrogen-bond acceptors (Lipinski definition) is 6. The summed E-state index contributed by atoms with van der Waals surface area (Å²) in [6.07, 6.45) is 0. The van der Waals surface area contributed by atoms with Crippen LogP contribution in [0.25, 0.3) is 10.8 Å². The predicted molar refractivity (Wildman–Crippen MR) is 101 cm³/mol. The fraction of sp³-hybridized carbons (Fsp3) is 0.0952. The molecule has 1 heterocycles. The third-order valence-corrected chi connectivity index (χ3v) is 4.35. The number of amides is 1. The zero-order valence-electron chi connectivity index (χ0n) is 14.6. The number of nitrogens with one attached hydrogen (secondary N) is 1. The highest BCUT2D eigenvalue weighted by Gasteiger charge is 2.20. The normalized spacial score (nSPS) is 12.6. The lowest BCUT2D eigenvalue weighted by atomic mass is 10.1. The first-order chi connectivity index (χ1) is 13.5. The summed E-state index contributed by atoms with van der Waals surface area (Å²) in [7, 11) is 0. The van der Waals surface area contributed by atoms with Gasteiger partial charge in [0.1, 0.15) is 17.1 Å². The van der Waals surface area contributed by atoms with Crippen LogP contribution in [0.5, 0.6) is 11.5 Å². The van der Waals surface area contributed by atoms with E-state index in [1.54, 1.807) is 12.1 Å². The molecule has 0 bridgehead atoms. The van der Waals surface area contributed by atoms with Crippen molar-refractivity contribution in [3.8, 4) is 11.5 Å². The van der Waals surface area contributed by atoms with Crippen LogP contribution < -0.4 is 10.1 Å². The Morgan fingerprint density at radius 2 is 1.82 bits per heavy atom. The van der Waals surface area contributed by atoms with Gasteiger partial charge in [-0.1, -0.05) is 24.3 Å². The van der Waals surface area contributed by atoms with Crippen molar-refractivity contribution in [2.45, 2.75) is 0 Å². The second kappa shape index (κ2) is 7.03. The maximum Gasteiger partial charge on any atom is 0.342 e. The number of ether oxygens (including phenoxy) is 2. The molecule has 3 aromatic rings. The van der Waals surface area contributed by atoms with Gasteiger partial charge in [-0.3, -0.25) is 9.59 Å². The number of benzene rings is 3. The second-order valence-electron chi connectivity index (χ2n) is 6.26. The number of aromatic hydroxyl groups is 1.